The Bertz CT molecular complexity index is 593. The number of hydrogen-bond acceptors (Lipinski definition) is 6. The van der Waals surface area contributed by atoms with E-state index in [1.165, 1.54) is 0 Å². The number of ether oxygens (including phenoxy) is 1. The quantitative estimate of drug-likeness (QED) is 0.910. The van der Waals surface area contributed by atoms with Crippen LogP contribution in [0.15, 0.2) is 24.3 Å². The molecule has 1 aromatic carbocycles. The first-order chi connectivity index (χ1) is 9.58. The topological polar surface area (TPSA) is 77.2 Å². The van der Waals surface area contributed by atoms with E-state index in [1.807, 2.05) is 43.1 Å². The molecule has 6 nitrogen and oxygen atoms in total. The summed E-state index contributed by atoms with van der Waals surface area (Å²) < 4.78 is 5.26. The number of nitrogens with zero attached hydrogens (tertiary/aromatic N) is 4. The fourth-order valence-electron chi connectivity index (χ4n) is 1.71. The highest BCUT2D eigenvalue weighted by atomic mass is 35.5. The first kappa shape index (κ1) is 14.3. The van der Waals surface area contributed by atoms with E-state index in [1.54, 1.807) is 0 Å². The van der Waals surface area contributed by atoms with Crippen LogP contribution in [0, 0.1) is 0 Å². The van der Waals surface area contributed by atoms with Crippen LogP contribution in [0.1, 0.15) is 12.5 Å². The maximum atomic E-state index is 5.97. The van der Waals surface area contributed by atoms with Gasteiger partial charge in [-0.25, -0.2) is 0 Å². The van der Waals surface area contributed by atoms with Crippen LogP contribution in [0.4, 0.5) is 11.9 Å². The van der Waals surface area contributed by atoms with Gasteiger partial charge in [-0.15, -0.1) is 0 Å². The minimum absolute atomic E-state index is 0.136. The first-order valence-corrected chi connectivity index (χ1v) is 6.56. The standard InChI is InChI=1S/C13H16ClN5O/c1-3-20-13-17-11(15)16-12(18-13)19(2)8-9-5-4-6-10(14)7-9/h4-7H,3,8H2,1-2H3,(H2,15,16,17,18). The van der Waals surface area contributed by atoms with Crippen LogP contribution >= 0.6 is 11.6 Å². The minimum atomic E-state index is 0.136. The lowest BCUT2D eigenvalue weighted by atomic mass is 10.2. The molecule has 0 radical (unpaired) electrons. The number of benzene rings is 1. The number of anilines is 2. The monoisotopic (exact) mass is 293 g/mol. The van der Waals surface area contributed by atoms with Crippen LogP contribution in [-0.2, 0) is 6.54 Å². The van der Waals surface area contributed by atoms with Crippen LogP contribution in [0.5, 0.6) is 6.01 Å². The van der Waals surface area contributed by atoms with Gasteiger partial charge in [-0.05, 0) is 24.6 Å². The summed E-state index contributed by atoms with van der Waals surface area (Å²) in [5, 5.41) is 0.695. The Balaban J connectivity index is 2.18. The molecule has 106 valence electrons. The maximum absolute atomic E-state index is 5.97. The number of nitrogen functional groups attached to an aromatic ring is 1. The third kappa shape index (κ3) is 3.71. The molecule has 0 atom stereocenters. The normalized spacial score (nSPS) is 10.3. The van der Waals surface area contributed by atoms with E-state index in [2.05, 4.69) is 15.0 Å². The van der Waals surface area contributed by atoms with Crippen molar-refractivity contribution < 1.29 is 4.74 Å². The van der Waals surface area contributed by atoms with Crippen molar-refractivity contribution in [3.63, 3.8) is 0 Å². The van der Waals surface area contributed by atoms with Crippen molar-refractivity contribution >= 4 is 23.5 Å². The molecule has 20 heavy (non-hydrogen) atoms. The maximum Gasteiger partial charge on any atom is 0.323 e. The first-order valence-electron chi connectivity index (χ1n) is 6.18. The predicted octanol–water partition coefficient (Wildman–Crippen LogP) is 2.14. The summed E-state index contributed by atoms with van der Waals surface area (Å²) >= 11 is 5.97. The molecular weight excluding hydrogens is 278 g/mol. The molecule has 0 bridgehead atoms. The highest BCUT2D eigenvalue weighted by Gasteiger charge is 2.10. The van der Waals surface area contributed by atoms with Gasteiger partial charge in [0.15, 0.2) is 0 Å². The van der Waals surface area contributed by atoms with E-state index in [9.17, 15) is 0 Å². The summed E-state index contributed by atoms with van der Waals surface area (Å²) in [7, 11) is 1.87. The third-order valence-corrected chi connectivity index (χ3v) is 2.78. The molecular formula is C13H16ClN5O. The van der Waals surface area contributed by atoms with Gasteiger partial charge in [0, 0.05) is 18.6 Å². The minimum Gasteiger partial charge on any atom is -0.464 e. The molecule has 2 rings (SSSR count). The molecule has 0 spiro atoms. The lowest BCUT2D eigenvalue weighted by Crippen LogP contribution is -2.20. The second-order valence-electron chi connectivity index (χ2n) is 4.20. The Morgan fingerprint density at radius 2 is 2.10 bits per heavy atom. The van der Waals surface area contributed by atoms with E-state index >= 15 is 0 Å². The number of rotatable bonds is 5. The van der Waals surface area contributed by atoms with Crippen molar-refractivity contribution in [1.82, 2.24) is 15.0 Å². The van der Waals surface area contributed by atoms with Gasteiger partial charge in [0.05, 0.1) is 6.61 Å². The second-order valence-corrected chi connectivity index (χ2v) is 4.63. The molecule has 2 N–H and O–H groups in total. The molecule has 1 aromatic heterocycles. The Morgan fingerprint density at radius 1 is 1.30 bits per heavy atom. The zero-order valence-corrected chi connectivity index (χ0v) is 12.1. The molecule has 0 fully saturated rings. The fraction of sp³-hybridized carbons (Fsp3) is 0.308. The van der Waals surface area contributed by atoms with Crippen LogP contribution in [0.3, 0.4) is 0 Å². The van der Waals surface area contributed by atoms with E-state index in [-0.39, 0.29) is 12.0 Å². The second kappa shape index (κ2) is 6.38. The van der Waals surface area contributed by atoms with Gasteiger partial charge in [-0.1, -0.05) is 23.7 Å². The van der Waals surface area contributed by atoms with Crippen molar-refractivity contribution in [2.45, 2.75) is 13.5 Å². The summed E-state index contributed by atoms with van der Waals surface area (Å²) in [6.07, 6.45) is 0. The molecule has 0 amide bonds. The van der Waals surface area contributed by atoms with E-state index in [4.69, 9.17) is 22.1 Å². The Labute approximate surface area is 122 Å². The van der Waals surface area contributed by atoms with Crippen LogP contribution in [0.2, 0.25) is 5.02 Å². The summed E-state index contributed by atoms with van der Waals surface area (Å²) in [6, 6.07) is 7.84. The summed E-state index contributed by atoms with van der Waals surface area (Å²) in [6.45, 7) is 2.94. The summed E-state index contributed by atoms with van der Waals surface area (Å²) in [5.41, 5.74) is 6.71. The SMILES string of the molecule is CCOc1nc(N)nc(N(C)Cc2cccc(Cl)c2)n1. The molecule has 1 heterocycles. The van der Waals surface area contributed by atoms with Crippen LogP contribution in [0.25, 0.3) is 0 Å². The molecule has 0 saturated heterocycles. The van der Waals surface area contributed by atoms with Crippen molar-refractivity contribution in [1.29, 1.82) is 0 Å². The number of hydrogen-bond donors (Lipinski definition) is 1. The molecule has 0 aliphatic heterocycles. The average molecular weight is 294 g/mol. The molecule has 7 heteroatoms. The molecule has 0 aliphatic carbocycles. The highest BCUT2D eigenvalue weighted by Crippen LogP contribution is 2.16. The summed E-state index contributed by atoms with van der Waals surface area (Å²) in [5.74, 6) is 0.595. The summed E-state index contributed by atoms with van der Waals surface area (Å²) in [4.78, 5) is 14.1. The van der Waals surface area contributed by atoms with E-state index in [0.717, 1.165) is 5.56 Å². The third-order valence-electron chi connectivity index (χ3n) is 2.54. The van der Waals surface area contributed by atoms with Crippen molar-refractivity contribution in [2.75, 3.05) is 24.3 Å². The van der Waals surface area contributed by atoms with E-state index < -0.39 is 0 Å². The lowest BCUT2D eigenvalue weighted by molar-refractivity contribution is 0.312. The zero-order valence-electron chi connectivity index (χ0n) is 11.4. The van der Waals surface area contributed by atoms with Crippen LogP contribution in [-0.4, -0.2) is 28.6 Å². The Hall–Kier alpha value is -2.08. The van der Waals surface area contributed by atoms with E-state index in [0.29, 0.717) is 24.1 Å². The zero-order chi connectivity index (χ0) is 14.5. The van der Waals surface area contributed by atoms with Gasteiger partial charge >= 0.3 is 6.01 Å². The predicted molar refractivity (Wildman–Crippen MR) is 79.0 cm³/mol. The van der Waals surface area contributed by atoms with Gasteiger partial charge in [0.2, 0.25) is 11.9 Å². The van der Waals surface area contributed by atoms with Crippen LogP contribution < -0.4 is 15.4 Å². The van der Waals surface area contributed by atoms with Crippen molar-refractivity contribution in [3.05, 3.63) is 34.9 Å². The van der Waals surface area contributed by atoms with Crippen molar-refractivity contribution in [3.8, 4) is 6.01 Å². The smallest absolute Gasteiger partial charge is 0.323 e. The Kier molecular flexibility index (Phi) is 4.57. The van der Waals surface area contributed by atoms with Gasteiger partial charge in [0.25, 0.3) is 0 Å². The van der Waals surface area contributed by atoms with Gasteiger partial charge in [-0.2, -0.15) is 15.0 Å². The highest BCUT2D eigenvalue weighted by molar-refractivity contribution is 6.30. The molecule has 2 aromatic rings. The van der Waals surface area contributed by atoms with Gasteiger partial charge < -0.3 is 15.4 Å². The molecule has 0 aliphatic rings. The largest absolute Gasteiger partial charge is 0.464 e. The Morgan fingerprint density at radius 3 is 2.80 bits per heavy atom. The number of halogens is 1. The molecule has 0 saturated carbocycles. The van der Waals surface area contributed by atoms with Gasteiger partial charge in [-0.3, -0.25) is 0 Å². The fourth-order valence-corrected chi connectivity index (χ4v) is 1.92. The average Bonchev–Trinajstić information content (AvgIpc) is 2.38. The molecule has 0 unspecified atom stereocenters. The lowest BCUT2D eigenvalue weighted by Gasteiger charge is -2.17. The number of aromatic nitrogens is 3. The number of nitrogens with two attached hydrogens (primary N) is 1. The van der Waals surface area contributed by atoms with Gasteiger partial charge in [0.1, 0.15) is 0 Å². The van der Waals surface area contributed by atoms with Crippen molar-refractivity contribution in [2.24, 2.45) is 0 Å².